The molecule has 1 N–H and O–H groups in total. The molecular weight excluding hydrogens is 326 g/mol. The topological polar surface area (TPSA) is 54.5 Å². The number of carbonyl (C=O) groups is 1. The van der Waals surface area contributed by atoms with E-state index in [2.05, 4.69) is 27.3 Å². The Labute approximate surface area is 153 Å². The molecule has 1 saturated carbocycles. The second-order valence-electron chi connectivity index (χ2n) is 7.54. The average molecular weight is 349 g/mol. The molecular formula is C21H23N3O2. The summed E-state index contributed by atoms with van der Waals surface area (Å²) in [6, 6.07) is 12.4. The molecule has 2 aromatic rings. The van der Waals surface area contributed by atoms with Crippen LogP contribution < -0.4 is 10.1 Å². The summed E-state index contributed by atoms with van der Waals surface area (Å²) < 4.78 is 5.82. The molecule has 3 unspecified atom stereocenters. The lowest BCUT2D eigenvalue weighted by molar-refractivity contribution is -0.136. The maximum atomic E-state index is 13.5. The third-order valence-corrected chi connectivity index (χ3v) is 6.22. The molecule has 0 bridgehead atoms. The van der Waals surface area contributed by atoms with Gasteiger partial charge in [-0.25, -0.2) is 0 Å². The maximum absolute atomic E-state index is 13.5. The van der Waals surface area contributed by atoms with Gasteiger partial charge in [-0.1, -0.05) is 18.2 Å². The normalized spacial score (nSPS) is 29.8. The number of amides is 1. The lowest BCUT2D eigenvalue weighted by Gasteiger charge is -2.37. The van der Waals surface area contributed by atoms with Crippen LogP contribution in [0.4, 0.5) is 0 Å². The van der Waals surface area contributed by atoms with Crippen molar-refractivity contribution in [3.05, 3.63) is 59.9 Å². The minimum Gasteiger partial charge on any atom is -0.493 e. The van der Waals surface area contributed by atoms with E-state index in [1.54, 1.807) is 12.4 Å². The number of rotatable bonds is 2. The highest BCUT2D eigenvalue weighted by Gasteiger charge is 2.62. The highest BCUT2D eigenvalue weighted by Crippen LogP contribution is 2.61. The van der Waals surface area contributed by atoms with Crippen molar-refractivity contribution in [1.82, 2.24) is 15.2 Å². The van der Waals surface area contributed by atoms with Crippen molar-refractivity contribution in [2.45, 2.75) is 24.3 Å². The Bertz CT molecular complexity index is 825. The number of pyridine rings is 1. The van der Waals surface area contributed by atoms with Crippen LogP contribution in [0.3, 0.4) is 0 Å². The summed E-state index contributed by atoms with van der Waals surface area (Å²) in [6.45, 7) is 3.12. The highest BCUT2D eigenvalue weighted by atomic mass is 16.5. The number of hydrogen-bond acceptors (Lipinski definition) is 4. The third-order valence-electron chi connectivity index (χ3n) is 6.22. The molecule has 2 fully saturated rings. The van der Waals surface area contributed by atoms with Crippen LogP contribution in [0, 0.1) is 5.92 Å². The molecule has 3 heterocycles. The Morgan fingerprint density at radius 2 is 2.08 bits per heavy atom. The molecule has 3 atom stereocenters. The van der Waals surface area contributed by atoms with E-state index in [0.29, 0.717) is 12.5 Å². The first-order valence-corrected chi connectivity index (χ1v) is 9.43. The predicted octanol–water partition coefficient (Wildman–Crippen LogP) is 2.29. The van der Waals surface area contributed by atoms with E-state index in [-0.39, 0.29) is 17.4 Å². The van der Waals surface area contributed by atoms with E-state index in [0.717, 1.165) is 43.8 Å². The van der Waals surface area contributed by atoms with Gasteiger partial charge in [-0.05, 0) is 36.6 Å². The largest absolute Gasteiger partial charge is 0.493 e. The molecule has 5 rings (SSSR count). The van der Waals surface area contributed by atoms with Gasteiger partial charge in [0.1, 0.15) is 5.75 Å². The quantitative estimate of drug-likeness (QED) is 0.904. The summed E-state index contributed by atoms with van der Waals surface area (Å²) in [4.78, 5) is 19.7. The second-order valence-corrected chi connectivity index (χ2v) is 7.54. The van der Waals surface area contributed by atoms with Crippen LogP contribution in [0.5, 0.6) is 5.75 Å². The van der Waals surface area contributed by atoms with Crippen molar-refractivity contribution in [3.8, 4) is 5.75 Å². The highest BCUT2D eigenvalue weighted by molar-refractivity contribution is 5.85. The van der Waals surface area contributed by atoms with Gasteiger partial charge in [0.15, 0.2) is 0 Å². The van der Waals surface area contributed by atoms with E-state index < -0.39 is 0 Å². The van der Waals surface area contributed by atoms with Crippen LogP contribution in [0.15, 0.2) is 48.8 Å². The lowest BCUT2D eigenvalue weighted by Crippen LogP contribution is -2.49. The number of ether oxygens (including phenoxy) is 1. The lowest BCUT2D eigenvalue weighted by atomic mass is 9.87. The molecule has 5 nitrogen and oxygen atoms in total. The van der Waals surface area contributed by atoms with E-state index >= 15 is 0 Å². The molecule has 0 radical (unpaired) electrons. The molecule has 134 valence electrons. The van der Waals surface area contributed by atoms with Gasteiger partial charge in [-0.3, -0.25) is 9.78 Å². The van der Waals surface area contributed by atoms with E-state index in [1.165, 1.54) is 5.56 Å². The monoisotopic (exact) mass is 349 g/mol. The number of fused-ring (bicyclic) bond motifs is 2. The zero-order valence-electron chi connectivity index (χ0n) is 14.7. The number of carbonyl (C=O) groups excluding carboxylic acids is 1. The van der Waals surface area contributed by atoms with Gasteiger partial charge in [0, 0.05) is 48.9 Å². The van der Waals surface area contributed by atoms with Crippen LogP contribution in [0.25, 0.3) is 0 Å². The first-order valence-electron chi connectivity index (χ1n) is 9.43. The smallest absolute Gasteiger partial charge is 0.227 e. The van der Waals surface area contributed by atoms with Gasteiger partial charge in [-0.15, -0.1) is 0 Å². The van der Waals surface area contributed by atoms with Crippen molar-refractivity contribution < 1.29 is 9.53 Å². The number of para-hydroxylation sites is 1. The summed E-state index contributed by atoms with van der Waals surface area (Å²) in [6.07, 6.45) is 5.49. The van der Waals surface area contributed by atoms with Gasteiger partial charge < -0.3 is 15.0 Å². The molecule has 1 spiro atoms. The van der Waals surface area contributed by atoms with Gasteiger partial charge in [0.25, 0.3) is 0 Å². The first kappa shape index (κ1) is 15.8. The standard InChI is InChI=1S/C21H23N3O2/c25-20(24-11-10-23-14-18(24)15-5-8-22-9-6-15)17-13-21(17)7-12-26-19-4-2-1-3-16(19)21/h1-6,8-9,17-18,23H,7,10-14H2. The Morgan fingerprint density at radius 1 is 1.23 bits per heavy atom. The van der Waals surface area contributed by atoms with Crippen LogP contribution in [-0.4, -0.2) is 42.0 Å². The zero-order valence-corrected chi connectivity index (χ0v) is 14.7. The summed E-state index contributed by atoms with van der Waals surface area (Å²) in [7, 11) is 0. The Morgan fingerprint density at radius 3 is 2.96 bits per heavy atom. The molecule has 1 aromatic heterocycles. The van der Waals surface area contributed by atoms with Crippen LogP contribution in [0.2, 0.25) is 0 Å². The predicted molar refractivity (Wildman–Crippen MR) is 97.9 cm³/mol. The van der Waals surface area contributed by atoms with Crippen molar-refractivity contribution >= 4 is 5.91 Å². The second kappa shape index (κ2) is 6.09. The molecule has 1 aromatic carbocycles. The van der Waals surface area contributed by atoms with Gasteiger partial charge in [-0.2, -0.15) is 0 Å². The zero-order chi connectivity index (χ0) is 17.6. The number of aromatic nitrogens is 1. The molecule has 1 amide bonds. The fourth-order valence-electron chi connectivity index (χ4n) is 4.74. The van der Waals surface area contributed by atoms with Crippen LogP contribution in [-0.2, 0) is 10.2 Å². The summed E-state index contributed by atoms with van der Waals surface area (Å²) >= 11 is 0. The number of hydrogen-bond donors (Lipinski definition) is 1. The fraction of sp³-hybridized carbons (Fsp3) is 0.429. The van der Waals surface area contributed by atoms with E-state index in [4.69, 9.17) is 4.74 Å². The van der Waals surface area contributed by atoms with E-state index in [1.807, 2.05) is 24.3 Å². The van der Waals surface area contributed by atoms with Gasteiger partial charge in [0.2, 0.25) is 5.91 Å². The maximum Gasteiger partial charge on any atom is 0.227 e. The van der Waals surface area contributed by atoms with Crippen molar-refractivity contribution in [2.75, 3.05) is 26.2 Å². The molecule has 1 saturated heterocycles. The van der Waals surface area contributed by atoms with Gasteiger partial charge >= 0.3 is 0 Å². The summed E-state index contributed by atoms with van der Waals surface area (Å²) in [5, 5.41) is 3.43. The minimum atomic E-state index is -0.0143. The average Bonchev–Trinajstić information content (AvgIpc) is 3.43. The molecule has 1 aliphatic carbocycles. The van der Waals surface area contributed by atoms with Crippen LogP contribution >= 0.6 is 0 Å². The van der Waals surface area contributed by atoms with Crippen LogP contribution in [0.1, 0.15) is 30.0 Å². The molecule has 26 heavy (non-hydrogen) atoms. The molecule has 2 aliphatic heterocycles. The number of piperazine rings is 1. The Hall–Kier alpha value is -2.40. The first-order chi connectivity index (χ1) is 12.8. The fourth-order valence-corrected chi connectivity index (χ4v) is 4.74. The molecule has 3 aliphatic rings. The SMILES string of the molecule is O=C(C1CC12CCOc1ccccc12)N1CCNCC1c1ccncc1. The van der Waals surface area contributed by atoms with E-state index in [9.17, 15) is 4.79 Å². The minimum absolute atomic E-state index is 0.0143. The van der Waals surface area contributed by atoms with Crippen molar-refractivity contribution in [3.63, 3.8) is 0 Å². The van der Waals surface area contributed by atoms with Gasteiger partial charge in [0.05, 0.1) is 12.6 Å². The number of nitrogens with zero attached hydrogens (tertiary/aromatic N) is 2. The summed E-state index contributed by atoms with van der Waals surface area (Å²) in [5.41, 5.74) is 2.36. The number of benzene rings is 1. The number of nitrogens with one attached hydrogen (secondary N) is 1. The Kier molecular flexibility index (Phi) is 3.71. The third kappa shape index (κ3) is 2.42. The summed E-state index contributed by atoms with van der Waals surface area (Å²) in [5.74, 6) is 1.33. The Balaban J connectivity index is 1.42. The van der Waals surface area contributed by atoms with Crippen molar-refractivity contribution in [2.24, 2.45) is 5.92 Å². The van der Waals surface area contributed by atoms with Crippen molar-refractivity contribution in [1.29, 1.82) is 0 Å². The molecule has 5 heteroatoms.